The summed E-state index contributed by atoms with van der Waals surface area (Å²) >= 11 is 0. The van der Waals surface area contributed by atoms with Crippen LogP contribution in [0.5, 0.6) is 0 Å². The largest absolute Gasteiger partial charge is 0.465 e. The molecule has 0 aromatic carbocycles. The quantitative estimate of drug-likeness (QED) is 0.623. The van der Waals surface area contributed by atoms with Gasteiger partial charge in [0.2, 0.25) is 0 Å². The summed E-state index contributed by atoms with van der Waals surface area (Å²) in [4.78, 5) is 12.1. The normalized spacial score (nSPS) is 24.5. The van der Waals surface area contributed by atoms with Crippen molar-refractivity contribution in [3.8, 4) is 0 Å². The summed E-state index contributed by atoms with van der Waals surface area (Å²) in [6.07, 6.45) is -0.838. The average Bonchev–Trinajstić information content (AvgIpc) is 2.03. The van der Waals surface area contributed by atoms with Crippen LogP contribution in [0.25, 0.3) is 0 Å². The highest BCUT2D eigenvalue weighted by atomic mass is 16.5. The fraction of sp³-hybridized carbons (Fsp3) is 0.889. The van der Waals surface area contributed by atoms with E-state index in [-0.39, 0.29) is 11.5 Å². The van der Waals surface area contributed by atoms with Crippen molar-refractivity contribution in [1.82, 2.24) is 4.90 Å². The van der Waals surface area contributed by atoms with E-state index >= 15 is 0 Å². The van der Waals surface area contributed by atoms with Crippen LogP contribution < -0.4 is 0 Å². The minimum atomic E-state index is -0.849. The summed E-state index contributed by atoms with van der Waals surface area (Å²) in [6.45, 7) is 7.66. The Morgan fingerprint density at radius 3 is 2.62 bits per heavy atom. The SMILES string of the molecule is CC(C)(C)C1CN(C(=O)O)CCO1. The molecule has 1 unspecified atom stereocenters. The van der Waals surface area contributed by atoms with E-state index in [4.69, 9.17) is 9.84 Å². The van der Waals surface area contributed by atoms with Gasteiger partial charge in [-0.1, -0.05) is 20.8 Å². The lowest BCUT2D eigenvalue weighted by atomic mass is 9.88. The van der Waals surface area contributed by atoms with Gasteiger partial charge in [0.05, 0.1) is 19.3 Å². The molecule has 0 bridgehead atoms. The van der Waals surface area contributed by atoms with Crippen LogP contribution >= 0.6 is 0 Å². The molecule has 1 fully saturated rings. The lowest BCUT2D eigenvalue weighted by molar-refractivity contribution is -0.0723. The molecule has 1 rings (SSSR count). The molecule has 1 saturated heterocycles. The maximum Gasteiger partial charge on any atom is 0.407 e. The van der Waals surface area contributed by atoms with Crippen molar-refractivity contribution >= 4 is 6.09 Å². The van der Waals surface area contributed by atoms with Crippen LogP contribution in [0.4, 0.5) is 4.79 Å². The molecule has 13 heavy (non-hydrogen) atoms. The number of morpholine rings is 1. The predicted octanol–water partition coefficient (Wildman–Crippen LogP) is 1.41. The number of ether oxygens (including phenoxy) is 1. The molecule has 1 amide bonds. The minimum absolute atomic E-state index is 0.00806. The molecule has 0 aromatic rings. The Bertz CT molecular complexity index is 198. The summed E-state index contributed by atoms with van der Waals surface area (Å²) in [5.41, 5.74) is 0.00806. The van der Waals surface area contributed by atoms with Crippen molar-refractivity contribution in [3.05, 3.63) is 0 Å². The Kier molecular flexibility index (Phi) is 2.81. The van der Waals surface area contributed by atoms with Gasteiger partial charge in [-0.3, -0.25) is 0 Å². The third kappa shape index (κ3) is 2.59. The Morgan fingerprint density at radius 2 is 2.15 bits per heavy atom. The summed E-state index contributed by atoms with van der Waals surface area (Å²) in [7, 11) is 0. The van der Waals surface area contributed by atoms with Crippen molar-refractivity contribution in [2.24, 2.45) is 5.41 Å². The Hall–Kier alpha value is -0.770. The molecule has 4 nitrogen and oxygen atoms in total. The van der Waals surface area contributed by atoms with Crippen LogP contribution in [0, 0.1) is 5.41 Å². The highest BCUT2D eigenvalue weighted by molar-refractivity contribution is 5.65. The van der Waals surface area contributed by atoms with E-state index in [0.717, 1.165) is 0 Å². The van der Waals surface area contributed by atoms with Crippen molar-refractivity contribution in [1.29, 1.82) is 0 Å². The van der Waals surface area contributed by atoms with Crippen LogP contribution in [0.2, 0.25) is 0 Å². The minimum Gasteiger partial charge on any atom is -0.465 e. The standard InChI is InChI=1S/C9H17NO3/c1-9(2,3)7-6-10(8(11)12)4-5-13-7/h7H,4-6H2,1-3H3,(H,11,12). The molecular weight excluding hydrogens is 170 g/mol. The van der Waals surface area contributed by atoms with Gasteiger partial charge < -0.3 is 14.7 Å². The lowest BCUT2D eigenvalue weighted by Crippen LogP contribution is -2.49. The van der Waals surface area contributed by atoms with E-state index in [1.165, 1.54) is 4.90 Å². The molecule has 1 N–H and O–H groups in total. The van der Waals surface area contributed by atoms with Gasteiger partial charge >= 0.3 is 6.09 Å². The van der Waals surface area contributed by atoms with Gasteiger partial charge in [0, 0.05) is 6.54 Å². The van der Waals surface area contributed by atoms with E-state index in [0.29, 0.717) is 19.7 Å². The number of carboxylic acid groups (broad SMARTS) is 1. The van der Waals surface area contributed by atoms with Crippen molar-refractivity contribution < 1.29 is 14.6 Å². The fourth-order valence-corrected chi connectivity index (χ4v) is 1.35. The average molecular weight is 187 g/mol. The van der Waals surface area contributed by atoms with E-state index in [2.05, 4.69) is 20.8 Å². The molecule has 1 aliphatic heterocycles. The zero-order valence-electron chi connectivity index (χ0n) is 8.41. The third-order valence-corrected chi connectivity index (χ3v) is 2.30. The summed E-state index contributed by atoms with van der Waals surface area (Å²) in [6, 6.07) is 0. The predicted molar refractivity (Wildman–Crippen MR) is 48.8 cm³/mol. The summed E-state index contributed by atoms with van der Waals surface area (Å²) in [5, 5.41) is 8.79. The highest BCUT2D eigenvalue weighted by Gasteiger charge is 2.32. The van der Waals surface area contributed by atoms with E-state index in [1.807, 2.05) is 0 Å². The van der Waals surface area contributed by atoms with Gasteiger partial charge in [0.1, 0.15) is 0 Å². The van der Waals surface area contributed by atoms with Gasteiger partial charge in [-0.15, -0.1) is 0 Å². The number of carbonyl (C=O) groups is 1. The van der Waals surface area contributed by atoms with Crippen LogP contribution in [0.15, 0.2) is 0 Å². The highest BCUT2D eigenvalue weighted by Crippen LogP contribution is 2.25. The third-order valence-electron chi connectivity index (χ3n) is 2.30. The fourth-order valence-electron chi connectivity index (χ4n) is 1.35. The molecule has 0 saturated carbocycles. The first-order valence-corrected chi connectivity index (χ1v) is 4.51. The van der Waals surface area contributed by atoms with Crippen molar-refractivity contribution in [3.63, 3.8) is 0 Å². The molecule has 4 heteroatoms. The molecule has 1 aliphatic rings. The van der Waals surface area contributed by atoms with Gasteiger partial charge in [0.15, 0.2) is 0 Å². The maximum absolute atomic E-state index is 10.7. The molecule has 0 spiro atoms. The number of hydrogen-bond acceptors (Lipinski definition) is 2. The van der Waals surface area contributed by atoms with Crippen LogP contribution in [0.1, 0.15) is 20.8 Å². The molecule has 76 valence electrons. The molecule has 1 heterocycles. The van der Waals surface area contributed by atoms with Crippen molar-refractivity contribution in [2.75, 3.05) is 19.7 Å². The summed E-state index contributed by atoms with van der Waals surface area (Å²) in [5.74, 6) is 0. The number of hydrogen-bond donors (Lipinski definition) is 1. The van der Waals surface area contributed by atoms with E-state index in [9.17, 15) is 4.79 Å². The zero-order chi connectivity index (χ0) is 10.1. The monoisotopic (exact) mass is 187 g/mol. The Labute approximate surface area is 78.5 Å². The maximum atomic E-state index is 10.7. The van der Waals surface area contributed by atoms with E-state index < -0.39 is 6.09 Å². The first-order chi connectivity index (χ1) is 5.91. The van der Waals surface area contributed by atoms with Gasteiger partial charge in [0.25, 0.3) is 0 Å². The molecular formula is C9H17NO3. The number of amides is 1. The second-order valence-corrected chi connectivity index (χ2v) is 4.45. The smallest absolute Gasteiger partial charge is 0.407 e. The molecule has 0 aromatic heterocycles. The Balaban J connectivity index is 2.57. The molecule has 0 aliphatic carbocycles. The summed E-state index contributed by atoms with van der Waals surface area (Å²) < 4.78 is 5.52. The zero-order valence-corrected chi connectivity index (χ0v) is 8.41. The van der Waals surface area contributed by atoms with E-state index in [1.54, 1.807) is 0 Å². The molecule has 1 atom stereocenters. The molecule has 0 radical (unpaired) electrons. The first-order valence-electron chi connectivity index (χ1n) is 4.51. The van der Waals surface area contributed by atoms with Crippen LogP contribution in [-0.4, -0.2) is 41.9 Å². The Morgan fingerprint density at radius 1 is 1.54 bits per heavy atom. The second kappa shape index (κ2) is 3.54. The first kappa shape index (κ1) is 10.3. The van der Waals surface area contributed by atoms with Gasteiger partial charge in [-0.25, -0.2) is 4.79 Å². The lowest BCUT2D eigenvalue weighted by Gasteiger charge is -2.38. The van der Waals surface area contributed by atoms with Crippen molar-refractivity contribution in [2.45, 2.75) is 26.9 Å². The van der Waals surface area contributed by atoms with Crippen LogP contribution in [-0.2, 0) is 4.74 Å². The van der Waals surface area contributed by atoms with Gasteiger partial charge in [-0.2, -0.15) is 0 Å². The van der Waals surface area contributed by atoms with Crippen LogP contribution in [0.3, 0.4) is 0 Å². The topological polar surface area (TPSA) is 49.8 Å². The second-order valence-electron chi connectivity index (χ2n) is 4.45. The van der Waals surface area contributed by atoms with Gasteiger partial charge in [-0.05, 0) is 5.41 Å². The number of rotatable bonds is 0. The number of nitrogens with zero attached hydrogens (tertiary/aromatic N) is 1.